The molecule has 0 radical (unpaired) electrons. The smallest absolute Gasteiger partial charge is 0.258 e. The Morgan fingerprint density at radius 2 is 1.87 bits per heavy atom. The molecule has 4 rings (SSSR count). The Kier molecular flexibility index (Phi) is 5.33. The first-order valence-corrected chi connectivity index (χ1v) is 9.93. The fourth-order valence-electron chi connectivity index (χ4n) is 3.42. The molecule has 0 saturated carbocycles. The first kappa shape index (κ1) is 20.1. The third-order valence-corrected chi connectivity index (χ3v) is 5.73. The lowest BCUT2D eigenvalue weighted by molar-refractivity contribution is 0.102. The molecule has 1 N–H and O–H groups in total. The minimum absolute atomic E-state index is 0.199. The van der Waals surface area contributed by atoms with E-state index in [2.05, 4.69) is 10.3 Å². The van der Waals surface area contributed by atoms with Crippen LogP contribution in [0.1, 0.15) is 15.9 Å². The van der Waals surface area contributed by atoms with Gasteiger partial charge in [0.15, 0.2) is 0 Å². The Balaban J connectivity index is 1.84. The number of aryl methyl sites for hydroxylation is 2. The van der Waals surface area contributed by atoms with Crippen molar-refractivity contribution in [1.82, 2.24) is 9.55 Å². The molecule has 0 fully saturated rings. The molecule has 5 nitrogen and oxygen atoms in total. The highest BCUT2D eigenvalue weighted by Crippen LogP contribution is 2.39. The van der Waals surface area contributed by atoms with Gasteiger partial charge < -0.3 is 9.88 Å². The van der Waals surface area contributed by atoms with Gasteiger partial charge in [-0.3, -0.25) is 14.6 Å². The van der Waals surface area contributed by atoms with Crippen LogP contribution in [0.15, 0.2) is 65.7 Å². The molecule has 0 spiro atoms. The molecule has 0 aliphatic carbocycles. The maximum atomic E-state index is 13.0. The van der Waals surface area contributed by atoms with Gasteiger partial charge in [-0.15, -0.1) is 0 Å². The van der Waals surface area contributed by atoms with Crippen LogP contribution in [0.25, 0.3) is 22.0 Å². The van der Waals surface area contributed by atoms with Gasteiger partial charge in [-0.2, -0.15) is 0 Å². The van der Waals surface area contributed by atoms with Gasteiger partial charge in [0.2, 0.25) is 0 Å². The van der Waals surface area contributed by atoms with Crippen LogP contribution in [0, 0.1) is 6.92 Å². The van der Waals surface area contributed by atoms with Crippen molar-refractivity contribution in [3.05, 3.63) is 92.5 Å². The van der Waals surface area contributed by atoms with Crippen molar-refractivity contribution in [2.75, 3.05) is 5.32 Å². The zero-order valence-electron chi connectivity index (χ0n) is 16.2. The Bertz CT molecular complexity index is 1360. The van der Waals surface area contributed by atoms with E-state index in [4.69, 9.17) is 23.2 Å². The predicted octanol–water partition coefficient (Wildman–Crippen LogP) is 5.47. The molecule has 0 saturated heterocycles. The summed E-state index contributed by atoms with van der Waals surface area (Å²) >= 11 is 13.1. The lowest BCUT2D eigenvalue weighted by Crippen LogP contribution is -2.19. The van der Waals surface area contributed by atoms with Crippen molar-refractivity contribution >= 4 is 45.7 Å². The molecule has 150 valence electrons. The number of benzene rings is 2. The topological polar surface area (TPSA) is 64.0 Å². The first-order valence-electron chi connectivity index (χ1n) is 9.17. The molecule has 2 aromatic heterocycles. The first-order chi connectivity index (χ1) is 14.4. The lowest BCUT2D eigenvalue weighted by atomic mass is 10.0. The number of fused-ring (bicyclic) bond motifs is 1. The fraction of sp³-hybridized carbons (Fsp3) is 0.0870. The maximum Gasteiger partial charge on any atom is 0.258 e. The summed E-state index contributed by atoms with van der Waals surface area (Å²) in [7, 11) is 1.68. The van der Waals surface area contributed by atoms with Gasteiger partial charge in [-0.1, -0.05) is 41.4 Å². The van der Waals surface area contributed by atoms with E-state index in [1.807, 2.05) is 19.1 Å². The van der Waals surface area contributed by atoms with Crippen LogP contribution < -0.4 is 10.9 Å². The van der Waals surface area contributed by atoms with Crippen LogP contribution in [-0.4, -0.2) is 15.5 Å². The summed E-state index contributed by atoms with van der Waals surface area (Å²) in [4.78, 5) is 29.9. The number of nitrogens with one attached hydrogen (secondary N) is 1. The van der Waals surface area contributed by atoms with Crippen LogP contribution >= 0.6 is 23.2 Å². The SMILES string of the molecule is Cc1ccccc1C(=O)Nc1ccc(Cl)c(-c2cc3cnccc3n(C)c2=O)c1Cl. The van der Waals surface area contributed by atoms with Crippen LogP contribution in [-0.2, 0) is 7.05 Å². The summed E-state index contributed by atoms with van der Waals surface area (Å²) in [6, 6.07) is 14.0. The van der Waals surface area contributed by atoms with E-state index in [1.54, 1.807) is 55.8 Å². The standard InChI is InChI=1S/C23H17Cl2N3O2/c1-13-5-3-4-6-15(13)22(29)27-18-8-7-17(24)20(21(18)25)16-11-14-12-26-10-9-19(14)28(2)23(16)30/h3-12H,1-2H3,(H,27,29). The molecular weight excluding hydrogens is 421 g/mol. The van der Waals surface area contributed by atoms with Crippen LogP contribution in [0.4, 0.5) is 5.69 Å². The minimum Gasteiger partial charge on any atom is -0.321 e. The van der Waals surface area contributed by atoms with Crippen LogP contribution in [0.3, 0.4) is 0 Å². The molecule has 0 unspecified atom stereocenters. The number of carbonyl (C=O) groups is 1. The van der Waals surface area contributed by atoms with Gasteiger partial charge in [0.1, 0.15) is 0 Å². The summed E-state index contributed by atoms with van der Waals surface area (Å²) in [5.74, 6) is -0.293. The maximum absolute atomic E-state index is 13.0. The molecule has 2 aromatic carbocycles. The summed E-state index contributed by atoms with van der Waals surface area (Å²) in [6.45, 7) is 1.86. The molecule has 0 aliphatic heterocycles. The lowest BCUT2D eigenvalue weighted by Gasteiger charge is -2.15. The van der Waals surface area contributed by atoms with E-state index in [1.165, 1.54) is 4.57 Å². The number of rotatable bonds is 3. The third kappa shape index (κ3) is 3.47. The van der Waals surface area contributed by atoms with Crippen LogP contribution in [0.5, 0.6) is 0 Å². The molecule has 0 bridgehead atoms. The third-order valence-electron chi connectivity index (χ3n) is 5.02. The molecule has 1 amide bonds. The highest BCUT2D eigenvalue weighted by molar-refractivity contribution is 6.41. The molecule has 0 aliphatic rings. The molecule has 0 atom stereocenters. The number of pyridine rings is 2. The number of carbonyl (C=O) groups excluding carboxylic acids is 1. The van der Waals surface area contributed by atoms with Gasteiger partial charge in [0.25, 0.3) is 11.5 Å². The predicted molar refractivity (Wildman–Crippen MR) is 122 cm³/mol. The van der Waals surface area contributed by atoms with Gasteiger partial charge >= 0.3 is 0 Å². The van der Waals surface area contributed by atoms with Crippen molar-refractivity contribution in [2.24, 2.45) is 7.05 Å². The molecule has 4 aromatic rings. The van der Waals surface area contributed by atoms with Crippen molar-refractivity contribution in [1.29, 1.82) is 0 Å². The van der Waals surface area contributed by atoms with E-state index < -0.39 is 0 Å². The van der Waals surface area contributed by atoms with Gasteiger partial charge in [0, 0.05) is 36.0 Å². The number of amides is 1. The number of aromatic nitrogens is 2. The number of anilines is 1. The molecule has 30 heavy (non-hydrogen) atoms. The molecular formula is C23H17Cl2N3O2. The number of hydrogen-bond acceptors (Lipinski definition) is 3. The second kappa shape index (κ2) is 7.94. The molecule has 2 heterocycles. The Morgan fingerprint density at radius 1 is 1.10 bits per heavy atom. The Morgan fingerprint density at radius 3 is 2.63 bits per heavy atom. The zero-order chi connectivity index (χ0) is 21.4. The Hall–Kier alpha value is -3.15. The van der Waals surface area contributed by atoms with E-state index in [0.29, 0.717) is 27.4 Å². The molecule has 7 heteroatoms. The van der Waals surface area contributed by atoms with Crippen LogP contribution in [0.2, 0.25) is 10.0 Å². The van der Waals surface area contributed by atoms with E-state index in [0.717, 1.165) is 16.5 Å². The Labute approximate surface area is 182 Å². The quantitative estimate of drug-likeness (QED) is 0.462. The van der Waals surface area contributed by atoms with E-state index in [9.17, 15) is 9.59 Å². The van der Waals surface area contributed by atoms with Crippen molar-refractivity contribution in [3.63, 3.8) is 0 Å². The monoisotopic (exact) mass is 437 g/mol. The normalized spacial score (nSPS) is 10.9. The zero-order valence-corrected chi connectivity index (χ0v) is 17.8. The summed E-state index contributed by atoms with van der Waals surface area (Å²) < 4.78 is 1.53. The second-order valence-corrected chi connectivity index (χ2v) is 7.69. The van der Waals surface area contributed by atoms with Crippen molar-refractivity contribution < 1.29 is 4.79 Å². The van der Waals surface area contributed by atoms with Gasteiger partial charge in [-0.05, 0) is 42.8 Å². The number of nitrogens with zero attached hydrogens (tertiary/aromatic N) is 2. The number of halogens is 2. The average Bonchev–Trinajstić information content (AvgIpc) is 2.74. The van der Waals surface area contributed by atoms with Gasteiger partial charge in [0.05, 0.1) is 26.8 Å². The minimum atomic E-state index is -0.293. The summed E-state index contributed by atoms with van der Waals surface area (Å²) in [5, 5.41) is 4.11. The average molecular weight is 438 g/mol. The highest BCUT2D eigenvalue weighted by atomic mass is 35.5. The summed E-state index contributed by atoms with van der Waals surface area (Å²) in [6.07, 6.45) is 3.30. The van der Waals surface area contributed by atoms with Crippen molar-refractivity contribution in [3.8, 4) is 11.1 Å². The van der Waals surface area contributed by atoms with Crippen molar-refractivity contribution in [2.45, 2.75) is 6.92 Å². The van der Waals surface area contributed by atoms with Gasteiger partial charge in [-0.25, -0.2) is 0 Å². The summed E-state index contributed by atoms with van der Waals surface area (Å²) in [5.41, 5.74) is 2.95. The van der Waals surface area contributed by atoms with E-state index in [-0.39, 0.29) is 16.5 Å². The largest absolute Gasteiger partial charge is 0.321 e. The fourth-order valence-corrected chi connectivity index (χ4v) is 4.04. The number of hydrogen-bond donors (Lipinski definition) is 1. The second-order valence-electron chi connectivity index (χ2n) is 6.91. The van der Waals surface area contributed by atoms with E-state index >= 15 is 0 Å². The highest BCUT2D eigenvalue weighted by Gasteiger charge is 2.19.